The Kier molecular flexibility index (Phi) is 3.97. The Morgan fingerprint density at radius 3 is 2.64 bits per heavy atom. The second-order valence-corrected chi connectivity index (χ2v) is 5.06. The molecule has 3 aromatic rings. The first kappa shape index (κ1) is 14.0. The Balaban J connectivity index is 1.82. The van der Waals surface area contributed by atoms with Crippen LogP contribution in [-0.4, -0.2) is 10.9 Å². The van der Waals surface area contributed by atoms with E-state index in [1.807, 2.05) is 67.6 Å². The smallest absolute Gasteiger partial charge is 0.248 e. The molecule has 22 heavy (non-hydrogen) atoms. The third-order valence-electron chi connectivity index (χ3n) is 3.34. The van der Waals surface area contributed by atoms with Gasteiger partial charge in [-0.2, -0.15) is 0 Å². The molecule has 0 aliphatic heterocycles. The number of pyridine rings is 1. The van der Waals surface area contributed by atoms with E-state index in [-0.39, 0.29) is 5.91 Å². The number of nitrogens with zero attached hydrogens (tertiary/aromatic N) is 1. The van der Waals surface area contributed by atoms with Crippen LogP contribution < -0.4 is 5.32 Å². The molecule has 3 heteroatoms. The minimum atomic E-state index is -0.167. The van der Waals surface area contributed by atoms with Crippen molar-refractivity contribution in [3.63, 3.8) is 0 Å². The average molecular weight is 288 g/mol. The first-order valence-electron chi connectivity index (χ1n) is 7.13. The number of para-hydroxylation sites is 1. The Labute approximate surface area is 129 Å². The van der Waals surface area contributed by atoms with Crippen LogP contribution in [0.2, 0.25) is 0 Å². The lowest BCUT2D eigenvalue weighted by atomic mass is 10.1. The van der Waals surface area contributed by atoms with Gasteiger partial charge in [0, 0.05) is 17.2 Å². The first-order chi connectivity index (χ1) is 10.7. The fraction of sp³-hybridized carbons (Fsp3) is 0.0526. The lowest BCUT2D eigenvalue weighted by molar-refractivity contribution is -0.111. The molecule has 0 aliphatic carbocycles. The second-order valence-electron chi connectivity index (χ2n) is 5.06. The number of aryl methyl sites for hydroxylation is 1. The molecule has 1 N–H and O–H groups in total. The molecule has 0 saturated carbocycles. The molecule has 1 heterocycles. The maximum atomic E-state index is 12.1. The molecule has 0 atom stereocenters. The Morgan fingerprint density at radius 1 is 1.00 bits per heavy atom. The number of nitrogens with one attached hydrogen (secondary N) is 1. The van der Waals surface area contributed by atoms with Crippen LogP contribution in [0, 0.1) is 6.92 Å². The van der Waals surface area contributed by atoms with Crippen LogP contribution in [0.1, 0.15) is 11.3 Å². The van der Waals surface area contributed by atoms with Gasteiger partial charge in [0.1, 0.15) is 0 Å². The van der Waals surface area contributed by atoms with E-state index >= 15 is 0 Å². The zero-order valence-electron chi connectivity index (χ0n) is 12.3. The van der Waals surface area contributed by atoms with E-state index in [4.69, 9.17) is 0 Å². The summed E-state index contributed by atoms with van der Waals surface area (Å²) >= 11 is 0. The standard InChI is InChI=1S/C19H16N2O/c1-14-10-12-16-8-5-9-17(19(16)20-14)21-18(22)13-11-15-6-3-2-4-7-15/h2-13H,1H3,(H,21,22)/b13-11+. The molecule has 0 aliphatic rings. The number of fused-ring (bicyclic) bond motifs is 1. The molecule has 1 amide bonds. The quantitative estimate of drug-likeness (QED) is 0.734. The molecule has 1 aromatic heterocycles. The largest absolute Gasteiger partial charge is 0.321 e. The van der Waals surface area contributed by atoms with Crippen molar-refractivity contribution in [2.24, 2.45) is 0 Å². The van der Waals surface area contributed by atoms with Crippen molar-refractivity contribution in [2.75, 3.05) is 5.32 Å². The number of carbonyl (C=O) groups is 1. The zero-order chi connectivity index (χ0) is 15.4. The monoisotopic (exact) mass is 288 g/mol. The molecule has 0 unspecified atom stereocenters. The highest BCUT2D eigenvalue weighted by Crippen LogP contribution is 2.21. The number of hydrogen-bond acceptors (Lipinski definition) is 2. The van der Waals surface area contributed by atoms with Crippen molar-refractivity contribution in [1.29, 1.82) is 0 Å². The number of benzene rings is 2. The minimum Gasteiger partial charge on any atom is -0.321 e. The second kappa shape index (κ2) is 6.22. The van der Waals surface area contributed by atoms with E-state index in [1.54, 1.807) is 6.08 Å². The van der Waals surface area contributed by atoms with Gasteiger partial charge in [-0.1, -0.05) is 48.5 Å². The van der Waals surface area contributed by atoms with E-state index in [2.05, 4.69) is 10.3 Å². The Hall–Kier alpha value is -2.94. The van der Waals surface area contributed by atoms with Gasteiger partial charge in [0.2, 0.25) is 5.91 Å². The highest BCUT2D eigenvalue weighted by Gasteiger charge is 2.04. The predicted octanol–water partition coefficient (Wildman–Crippen LogP) is 4.20. The maximum absolute atomic E-state index is 12.1. The minimum absolute atomic E-state index is 0.167. The maximum Gasteiger partial charge on any atom is 0.248 e. The average Bonchev–Trinajstić information content (AvgIpc) is 2.54. The summed E-state index contributed by atoms with van der Waals surface area (Å²) in [6, 6.07) is 19.5. The molecule has 0 bridgehead atoms. The van der Waals surface area contributed by atoms with E-state index in [0.717, 1.165) is 27.8 Å². The van der Waals surface area contributed by atoms with E-state index in [9.17, 15) is 4.79 Å². The van der Waals surface area contributed by atoms with Crippen LogP contribution in [0.25, 0.3) is 17.0 Å². The van der Waals surface area contributed by atoms with Crippen LogP contribution in [0.15, 0.2) is 66.7 Å². The van der Waals surface area contributed by atoms with Gasteiger partial charge < -0.3 is 5.32 Å². The lowest BCUT2D eigenvalue weighted by Gasteiger charge is -2.07. The summed E-state index contributed by atoms with van der Waals surface area (Å²) < 4.78 is 0. The van der Waals surface area contributed by atoms with Gasteiger partial charge in [-0.3, -0.25) is 9.78 Å². The topological polar surface area (TPSA) is 42.0 Å². The summed E-state index contributed by atoms with van der Waals surface area (Å²) in [5.41, 5.74) is 3.45. The zero-order valence-corrected chi connectivity index (χ0v) is 12.3. The summed E-state index contributed by atoms with van der Waals surface area (Å²) in [6.45, 7) is 1.94. The van der Waals surface area contributed by atoms with Crippen molar-refractivity contribution in [3.8, 4) is 0 Å². The van der Waals surface area contributed by atoms with Gasteiger partial charge in [0.15, 0.2) is 0 Å². The van der Waals surface area contributed by atoms with Crippen LogP contribution in [-0.2, 0) is 4.79 Å². The summed E-state index contributed by atoms with van der Waals surface area (Å²) in [5.74, 6) is -0.167. The van der Waals surface area contributed by atoms with Gasteiger partial charge in [-0.15, -0.1) is 0 Å². The molecule has 0 spiro atoms. The predicted molar refractivity (Wildman–Crippen MR) is 90.6 cm³/mol. The molecular weight excluding hydrogens is 272 g/mol. The number of anilines is 1. The summed E-state index contributed by atoms with van der Waals surface area (Å²) in [4.78, 5) is 16.6. The number of rotatable bonds is 3. The molecule has 3 nitrogen and oxygen atoms in total. The molecule has 0 radical (unpaired) electrons. The molecule has 0 fully saturated rings. The van der Waals surface area contributed by atoms with Gasteiger partial charge in [-0.05, 0) is 30.7 Å². The SMILES string of the molecule is Cc1ccc2cccc(NC(=O)/C=C/c3ccccc3)c2n1. The van der Waals surface area contributed by atoms with E-state index in [1.165, 1.54) is 6.08 Å². The van der Waals surface area contributed by atoms with Crippen LogP contribution in [0.3, 0.4) is 0 Å². The van der Waals surface area contributed by atoms with Crippen molar-refractivity contribution in [2.45, 2.75) is 6.92 Å². The number of aromatic nitrogens is 1. The first-order valence-corrected chi connectivity index (χ1v) is 7.13. The third kappa shape index (κ3) is 3.20. The van der Waals surface area contributed by atoms with Gasteiger partial charge in [-0.25, -0.2) is 0 Å². The lowest BCUT2D eigenvalue weighted by Crippen LogP contribution is -2.08. The normalized spacial score (nSPS) is 11.0. The number of amides is 1. The van der Waals surface area contributed by atoms with E-state index in [0.29, 0.717) is 0 Å². The molecule has 3 rings (SSSR count). The van der Waals surface area contributed by atoms with Crippen molar-refractivity contribution in [3.05, 3.63) is 78.0 Å². The highest BCUT2D eigenvalue weighted by atomic mass is 16.1. The summed E-state index contributed by atoms with van der Waals surface area (Å²) in [7, 11) is 0. The fourth-order valence-corrected chi connectivity index (χ4v) is 2.26. The van der Waals surface area contributed by atoms with Crippen LogP contribution in [0.4, 0.5) is 5.69 Å². The Bertz CT molecular complexity index is 838. The summed E-state index contributed by atoms with van der Waals surface area (Å²) in [5, 5.41) is 3.90. The van der Waals surface area contributed by atoms with Gasteiger partial charge in [0.25, 0.3) is 0 Å². The van der Waals surface area contributed by atoms with Crippen molar-refractivity contribution in [1.82, 2.24) is 4.98 Å². The van der Waals surface area contributed by atoms with E-state index < -0.39 is 0 Å². The highest BCUT2D eigenvalue weighted by molar-refractivity contribution is 6.06. The van der Waals surface area contributed by atoms with Crippen molar-refractivity contribution < 1.29 is 4.79 Å². The molecule has 2 aromatic carbocycles. The third-order valence-corrected chi connectivity index (χ3v) is 3.34. The Morgan fingerprint density at radius 2 is 1.82 bits per heavy atom. The van der Waals surface area contributed by atoms with Gasteiger partial charge >= 0.3 is 0 Å². The molecule has 108 valence electrons. The van der Waals surface area contributed by atoms with Crippen molar-refractivity contribution >= 4 is 28.6 Å². The molecule has 0 saturated heterocycles. The fourth-order valence-electron chi connectivity index (χ4n) is 2.26. The van der Waals surface area contributed by atoms with Crippen LogP contribution >= 0.6 is 0 Å². The molecular formula is C19H16N2O. The van der Waals surface area contributed by atoms with Gasteiger partial charge in [0.05, 0.1) is 11.2 Å². The van der Waals surface area contributed by atoms with Crippen LogP contribution in [0.5, 0.6) is 0 Å². The summed E-state index contributed by atoms with van der Waals surface area (Å²) in [6.07, 6.45) is 3.32. The number of hydrogen-bond donors (Lipinski definition) is 1. The number of carbonyl (C=O) groups excluding carboxylic acids is 1.